The van der Waals surface area contributed by atoms with Gasteiger partial charge in [0.1, 0.15) is 5.82 Å². The summed E-state index contributed by atoms with van der Waals surface area (Å²) in [6.45, 7) is 2.17. The van der Waals surface area contributed by atoms with E-state index in [9.17, 15) is 17.6 Å². The molecule has 4 rings (SSSR count). The lowest BCUT2D eigenvalue weighted by Gasteiger charge is -2.36. The highest BCUT2D eigenvalue weighted by Crippen LogP contribution is 2.27. The summed E-state index contributed by atoms with van der Waals surface area (Å²) in [6, 6.07) is 18.5. The van der Waals surface area contributed by atoms with Crippen molar-refractivity contribution in [3.8, 4) is 0 Å². The molecule has 9 heteroatoms. The van der Waals surface area contributed by atoms with Crippen molar-refractivity contribution in [2.45, 2.75) is 4.90 Å². The zero-order chi connectivity index (χ0) is 22.7. The molecule has 0 aromatic heterocycles. The van der Waals surface area contributed by atoms with Crippen molar-refractivity contribution in [3.63, 3.8) is 0 Å². The second kappa shape index (κ2) is 9.18. The Labute approximate surface area is 191 Å². The molecule has 0 spiro atoms. The fourth-order valence-corrected chi connectivity index (χ4v) is 4.94. The highest BCUT2D eigenvalue weighted by atomic mass is 35.5. The van der Waals surface area contributed by atoms with E-state index in [0.717, 1.165) is 17.8 Å². The molecule has 1 N–H and O–H groups in total. The van der Waals surface area contributed by atoms with Gasteiger partial charge in [-0.2, -0.15) is 0 Å². The van der Waals surface area contributed by atoms with Gasteiger partial charge in [-0.25, -0.2) is 12.8 Å². The first kappa shape index (κ1) is 22.1. The monoisotopic (exact) mass is 473 g/mol. The number of carbonyl (C=O) groups is 1. The normalized spacial score (nSPS) is 14.3. The van der Waals surface area contributed by atoms with Gasteiger partial charge in [-0.05, 0) is 48.5 Å². The van der Waals surface area contributed by atoms with Crippen molar-refractivity contribution in [1.82, 2.24) is 4.90 Å². The summed E-state index contributed by atoms with van der Waals surface area (Å²) in [6.07, 6.45) is 0. The van der Waals surface area contributed by atoms with Gasteiger partial charge in [0.15, 0.2) is 0 Å². The molecule has 3 aromatic rings. The third-order valence-corrected chi connectivity index (χ3v) is 6.99. The minimum atomic E-state index is -3.98. The maximum atomic E-state index is 13.2. The molecule has 1 aliphatic heterocycles. The topological polar surface area (TPSA) is 69.7 Å². The van der Waals surface area contributed by atoms with Gasteiger partial charge < -0.3 is 9.80 Å². The highest BCUT2D eigenvalue weighted by Gasteiger charge is 2.26. The number of hydrogen-bond acceptors (Lipinski definition) is 4. The molecule has 0 atom stereocenters. The molecule has 3 aromatic carbocycles. The van der Waals surface area contributed by atoms with Crippen LogP contribution < -0.4 is 9.62 Å². The second-order valence-corrected chi connectivity index (χ2v) is 9.43. The standard InChI is InChI=1S/C23H21ClFN3O3S/c24-20-6-2-4-8-22(20)27-13-15-28(16-14-27)23(29)19-5-1-3-7-21(19)26-32(30,31)18-11-9-17(25)10-12-18/h1-12,26H,13-16H2. The molecular formula is C23H21ClFN3O3S. The van der Waals surface area contributed by atoms with Crippen LogP contribution in [0.3, 0.4) is 0 Å². The Kier molecular flexibility index (Phi) is 6.34. The number of halogens is 2. The predicted molar refractivity (Wildman–Crippen MR) is 123 cm³/mol. The summed E-state index contributed by atoms with van der Waals surface area (Å²) in [5.41, 5.74) is 1.36. The van der Waals surface area contributed by atoms with Gasteiger partial charge >= 0.3 is 0 Å². The van der Waals surface area contributed by atoms with E-state index in [1.807, 2.05) is 24.3 Å². The minimum Gasteiger partial charge on any atom is -0.367 e. The van der Waals surface area contributed by atoms with Crippen molar-refractivity contribution in [3.05, 3.63) is 89.2 Å². The fourth-order valence-electron chi connectivity index (χ4n) is 3.61. The van der Waals surface area contributed by atoms with Gasteiger partial charge in [0.2, 0.25) is 0 Å². The number of sulfonamides is 1. The van der Waals surface area contributed by atoms with Crippen molar-refractivity contribution in [2.75, 3.05) is 35.8 Å². The average Bonchev–Trinajstić information content (AvgIpc) is 2.79. The maximum Gasteiger partial charge on any atom is 0.261 e. The second-order valence-electron chi connectivity index (χ2n) is 7.34. The molecule has 0 saturated carbocycles. The molecule has 0 unspecified atom stereocenters. The SMILES string of the molecule is O=C(c1ccccc1NS(=O)(=O)c1ccc(F)cc1)N1CCN(c2ccccc2Cl)CC1. The summed E-state index contributed by atoms with van der Waals surface area (Å²) in [7, 11) is -3.98. The summed E-state index contributed by atoms with van der Waals surface area (Å²) in [5, 5.41) is 0.660. The van der Waals surface area contributed by atoms with Crippen LogP contribution in [0.1, 0.15) is 10.4 Å². The third-order valence-electron chi connectivity index (χ3n) is 5.29. The van der Waals surface area contributed by atoms with E-state index in [2.05, 4.69) is 9.62 Å². The van der Waals surface area contributed by atoms with Crippen LogP contribution in [0.15, 0.2) is 77.7 Å². The molecule has 1 heterocycles. The summed E-state index contributed by atoms with van der Waals surface area (Å²) >= 11 is 6.29. The molecule has 32 heavy (non-hydrogen) atoms. The molecule has 6 nitrogen and oxygen atoms in total. The Bertz CT molecular complexity index is 1230. The van der Waals surface area contributed by atoms with Crippen LogP contribution in [0.4, 0.5) is 15.8 Å². The Morgan fingerprint density at radius 2 is 1.50 bits per heavy atom. The van der Waals surface area contributed by atoms with E-state index in [4.69, 9.17) is 11.6 Å². The fraction of sp³-hybridized carbons (Fsp3) is 0.174. The first-order valence-corrected chi connectivity index (χ1v) is 11.9. The molecule has 1 amide bonds. The number of amides is 1. The molecule has 1 aliphatic rings. The molecule has 0 aliphatic carbocycles. The number of piperazine rings is 1. The van der Waals surface area contributed by atoms with Crippen LogP contribution in [-0.2, 0) is 10.0 Å². The van der Waals surface area contributed by atoms with Crippen LogP contribution in [-0.4, -0.2) is 45.4 Å². The van der Waals surface area contributed by atoms with Gasteiger partial charge in [0.05, 0.1) is 26.9 Å². The number of carbonyl (C=O) groups excluding carboxylic acids is 1. The largest absolute Gasteiger partial charge is 0.367 e. The van der Waals surface area contributed by atoms with Crippen LogP contribution in [0.5, 0.6) is 0 Å². The Balaban J connectivity index is 1.50. The lowest BCUT2D eigenvalue weighted by Crippen LogP contribution is -2.49. The zero-order valence-electron chi connectivity index (χ0n) is 17.0. The smallest absolute Gasteiger partial charge is 0.261 e. The first-order valence-electron chi connectivity index (χ1n) is 10.0. The Hall–Kier alpha value is -3.10. The quantitative estimate of drug-likeness (QED) is 0.601. The zero-order valence-corrected chi connectivity index (χ0v) is 18.6. The minimum absolute atomic E-state index is 0.0884. The van der Waals surface area contributed by atoms with Gasteiger partial charge in [-0.15, -0.1) is 0 Å². The van der Waals surface area contributed by atoms with Crippen LogP contribution in [0.25, 0.3) is 0 Å². The Morgan fingerprint density at radius 1 is 0.875 bits per heavy atom. The van der Waals surface area contributed by atoms with Gasteiger partial charge in [0.25, 0.3) is 15.9 Å². The van der Waals surface area contributed by atoms with E-state index in [1.54, 1.807) is 23.1 Å². The Morgan fingerprint density at radius 3 is 2.19 bits per heavy atom. The van der Waals surface area contributed by atoms with Gasteiger partial charge in [-0.1, -0.05) is 35.9 Å². The molecule has 166 valence electrons. The van der Waals surface area contributed by atoms with Crippen LogP contribution in [0, 0.1) is 5.82 Å². The van der Waals surface area contributed by atoms with Crippen molar-refractivity contribution in [2.24, 2.45) is 0 Å². The highest BCUT2D eigenvalue weighted by molar-refractivity contribution is 7.92. The van der Waals surface area contributed by atoms with Gasteiger partial charge in [0, 0.05) is 26.2 Å². The van der Waals surface area contributed by atoms with E-state index in [0.29, 0.717) is 31.2 Å². The number of nitrogens with zero attached hydrogens (tertiary/aromatic N) is 2. The van der Waals surface area contributed by atoms with E-state index >= 15 is 0 Å². The third kappa shape index (κ3) is 4.71. The first-order chi connectivity index (χ1) is 15.3. The lowest BCUT2D eigenvalue weighted by molar-refractivity contribution is 0.0748. The van der Waals surface area contributed by atoms with Crippen molar-refractivity contribution in [1.29, 1.82) is 0 Å². The summed E-state index contributed by atoms with van der Waals surface area (Å²) in [5.74, 6) is -0.795. The van der Waals surface area contributed by atoms with Crippen molar-refractivity contribution >= 4 is 38.9 Å². The molecule has 0 bridgehead atoms. The molecule has 1 saturated heterocycles. The molecular weight excluding hydrogens is 453 g/mol. The van der Waals surface area contributed by atoms with Crippen LogP contribution >= 0.6 is 11.6 Å². The number of rotatable bonds is 5. The number of anilines is 2. The summed E-state index contributed by atoms with van der Waals surface area (Å²) in [4.78, 5) is 16.9. The number of hydrogen-bond donors (Lipinski definition) is 1. The number of para-hydroxylation sites is 2. The lowest BCUT2D eigenvalue weighted by atomic mass is 10.1. The number of nitrogens with one attached hydrogen (secondary N) is 1. The van der Waals surface area contributed by atoms with E-state index < -0.39 is 15.8 Å². The van der Waals surface area contributed by atoms with E-state index in [-0.39, 0.29) is 22.1 Å². The molecule has 0 radical (unpaired) electrons. The summed E-state index contributed by atoms with van der Waals surface area (Å²) < 4.78 is 41.1. The molecule has 1 fully saturated rings. The average molecular weight is 474 g/mol. The number of benzene rings is 3. The predicted octanol–water partition coefficient (Wildman–Crippen LogP) is 4.24. The van der Waals surface area contributed by atoms with Crippen LogP contribution in [0.2, 0.25) is 5.02 Å². The maximum absolute atomic E-state index is 13.2. The van der Waals surface area contributed by atoms with E-state index in [1.165, 1.54) is 18.2 Å². The van der Waals surface area contributed by atoms with Crippen molar-refractivity contribution < 1.29 is 17.6 Å². The van der Waals surface area contributed by atoms with Gasteiger partial charge in [-0.3, -0.25) is 9.52 Å².